The number of ether oxygens (including phenoxy) is 2. The number of unbranched alkanes of at least 4 members (excludes halogenated alkanes) is 2. The largest absolute Gasteiger partial charge is 0.493 e. The van der Waals surface area contributed by atoms with Crippen LogP contribution in [-0.4, -0.2) is 13.2 Å². The summed E-state index contributed by atoms with van der Waals surface area (Å²) in [6, 6.07) is 10.3. The Kier molecular flexibility index (Phi) is 7.64. The molecule has 0 amide bonds. The third-order valence-corrected chi connectivity index (χ3v) is 3.87. The van der Waals surface area contributed by atoms with Crippen LogP contribution in [-0.2, 0) is 0 Å². The summed E-state index contributed by atoms with van der Waals surface area (Å²) in [5.41, 5.74) is 0. The first-order valence-electron chi connectivity index (χ1n) is 7.21. The molecule has 0 unspecified atom stereocenters. The Labute approximate surface area is 156 Å². The van der Waals surface area contributed by atoms with Crippen LogP contribution in [0.3, 0.4) is 0 Å². The topological polar surface area (TPSA) is 18.5 Å². The first-order chi connectivity index (χ1) is 11.0. The van der Waals surface area contributed by atoms with Crippen LogP contribution in [0.1, 0.15) is 19.3 Å². The lowest BCUT2D eigenvalue weighted by Gasteiger charge is -2.08. The first-order valence-corrected chi connectivity index (χ1v) is 8.72. The van der Waals surface area contributed by atoms with E-state index in [-0.39, 0.29) is 0 Å². The van der Waals surface area contributed by atoms with Crippen molar-refractivity contribution < 1.29 is 9.47 Å². The highest BCUT2D eigenvalue weighted by atomic mass is 35.5. The van der Waals surface area contributed by atoms with Crippen LogP contribution in [0.5, 0.6) is 11.5 Å². The second kappa shape index (κ2) is 9.48. The van der Waals surface area contributed by atoms with Gasteiger partial charge in [0.15, 0.2) is 0 Å². The average Bonchev–Trinajstić information content (AvgIpc) is 2.44. The zero-order valence-electron chi connectivity index (χ0n) is 12.3. The van der Waals surface area contributed by atoms with Gasteiger partial charge in [0.05, 0.1) is 13.2 Å². The smallest absolute Gasteiger partial charge is 0.122 e. The van der Waals surface area contributed by atoms with Gasteiger partial charge in [-0.15, -0.1) is 0 Å². The van der Waals surface area contributed by atoms with Crippen molar-refractivity contribution in [2.45, 2.75) is 19.3 Å². The van der Waals surface area contributed by atoms with E-state index in [1.807, 2.05) is 0 Å². The molecular weight excluding hydrogens is 378 g/mol. The third-order valence-electron chi connectivity index (χ3n) is 3.00. The predicted octanol–water partition coefficient (Wildman–Crippen LogP) is 6.93. The van der Waals surface area contributed by atoms with Gasteiger partial charge in [0.1, 0.15) is 11.5 Å². The van der Waals surface area contributed by atoms with E-state index in [0.29, 0.717) is 44.8 Å². The summed E-state index contributed by atoms with van der Waals surface area (Å²) in [5, 5.41) is 2.28. The van der Waals surface area contributed by atoms with Gasteiger partial charge in [-0.25, -0.2) is 0 Å². The quantitative estimate of drug-likeness (QED) is 0.452. The number of benzene rings is 2. The second-order valence-corrected chi connectivity index (χ2v) is 6.71. The first kappa shape index (κ1) is 18.5. The van der Waals surface area contributed by atoms with Crippen LogP contribution in [0, 0.1) is 0 Å². The van der Waals surface area contributed by atoms with E-state index in [0.717, 1.165) is 19.3 Å². The maximum absolute atomic E-state index is 5.91. The summed E-state index contributed by atoms with van der Waals surface area (Å²) in [6.07, 6.45) is 2.83. The van der Waals surface area contributed by atoms with Crippen molar-refractivity contribution in [2.75, 3.05) is 13.2 Å². The highest BCUT2D eigenvalue weighted by Crippen LogP contribution is 2.25. The van der Waals surface area contributed by atoms with Crippen molar-refractivity contribution in [3.63, 3.8) is 0 Å². The van der Waals surface area contributed by atoms with Crippen LogP contribution >= 0.6 is 46.4 Å². The number of halogens is 4. The molecule has 0 N–H and O–H groups in total. The summed E-state index contributed by atoms with van der Waals surface area (Å²) >= 11 is 23.6. The number of hydrogen-bond donors (Lipinski definition) is 0. The Bertz CT molecular complexity index is 550. The fraction of sp³-hybridized carbons (Fsp3) is 0.294. The lowest BCUT2D eigenvalue weighted by atomic mass is 10.2. The molecule has 0 aliphatic rings. The van der Waals surface area contributed by atoms with Crippen molar-refractivity contribution in [1.29, 1.82) is 0 Å². The number of hydrogen-bond acceptors (Lipinski definition) is 2. The van der Waals surface area contributed by atoms with Crippen LogP contribution < -0.4 is 9.47 Å². The minimum atomic E-state index is 0.570. The maximum atomic E-state index is 5.91. The van der Waals surface area contributed by atoms with Crippen molar-refractivity contribution in [3.05, 3.63) is 56.5 Å². The maximum Gasteiger partial charge on any atom is 0.122 e. The molecule has 6 heteroatoms. The third kappa shape index (κ3) is 7.09. The van der Waals surface area contributed by atoms with Gasteiger partial charge in [-0.2, -0.15) is 0 Å². The summed E-state index contributed by atoms with van der Waals surface area (Å²) in [4.78, 5) is 0. The minimum absolute atomic E-state index is 0.570. The SMILES string of the molecule is Clc1cc(Cl)cc(OCCCCCOc2cc(Cl)cc(Cl)c2)c1. The van der Waals surface area contributed by atoms with Crippen LogP contribution in [0.2, 0.25) is 20.1 Å². The van der Waals surface area contributed by atoms with E-state index in [1.165, 1.54) is 0 Å². The standard InChI is InChI=1S/C17H16Cl4O2/c18-12-6-13(19)9-16(8-12)22-4-2-1-3-5-23-17-10-14(20)7-15(21)11-17/h6-11H,1-5H2. The van der Waals surface area contributed by atoms with Gasteiger partial charge >= 0.3 is 0 Å². The molecule has 0 atom stereocenters. The Morgan fingerprint density at radius 2 is 0.870 bits per heavy atom. The van der Waals surface area contributed by atoms with Gasteiger partial charge in [-0.3, -0.25) is 0 Å². The van der Waals surface area contributed by atoms with Gasteiger partial charge in [-0.1, -0.05) is 46.4 Å². The molecule has 2 rings (SSSR count). The van der Waals surface area contributed by atoms with Crippen LogP contribution in [0.15, 0.2) is 36.4 Å². The Balaban J connectivity index is 1.60. The van der Waals surface area contributed by atoms with Gasteiger partial charge < -0.3 is 9.47 Å². The molecule has 0 saturated carbocycles. The Morgan fingerprint density at radius 3 is 1.22 bits per heavy atom. The average molecular weight is 394 g/mol. The van der Waals surface area contributed by atoms with E-state index < -0.39 is 0 Å². The lowest BCUT2D eigenvalue weighted by molar-refractivity contribution is 0.279. The molecule has 124 valence electrons. The normalized spacial score (nSPS) is 10.6. The van der Waals surface area contributed by atoms with E-state index in [2.05, 4.69) is 0 Å². The lowest BCUT2D eigenvalue weighted by Crippen LogP contribution is -2.01. The van der Waals surface area contributed by atoms with Crippen LogP contribution in [0.4, 0.5) is 0 Å². The predicted molar refractivity (Wildman–Crippen MR) is 97.8 cm³/mol. The molecule has 2 nitrogen and oxygen atoms in total. The van der Waals surface area contributed by atoms with Crippen molar-refractivity contribution in [3.8, 4) is 11.5 Å². The molecule has 0 saturated heterocycles. The molecule has 2 aromatic carbocycles. The fourth-order valence-corrected chi connectivity index (χ4v) is 3.00. The van der Waals surface area contributed by atoms with E-state index in [1.54, 1.807) is 36.4 Å². The Hall–Kier alpha value is -0.800. The van der Waals surface area contributed by atoms with Gasteiger partial charge in [-0.05, 0) is 55.7 Å². The summed E-state index contributed by atoms with van der Waals surface area (Å²) in [5.74, 6) is 1.37. The summed E-state index contributed by atoms with van der Waals surface area (Å²) in [7, 11) is 0. The highest BCUT2D eigenvalue weighted by Gasteiger charge is 2.01. The van der Waals surface area contributed by atoms with E-state index >= 15 is 0 Å². The molecule has 2 aromatic rings. The Morgan fingerprint density at radius 1 is 0.522 bits per heavy atom. The zero-order chi connectivity index (χ0) is 16.7. The molecule has 0 bridgehead atoms. The van der Waals surface area contributed by atoms with E-state index in [9.17, 15) is 0 Å². The molecule has 23 heavy (non-hydrogen) atoms. The summed E-state index contributed by atoms with van der Waals surface area (Å²) < 4.78 is 11.2. The van der Waals surface area contributed by atoms with Crippen molar-refractivity contribution in [2.24, 2.45) is 0 Å². The monoisotopic (exact) mass is 392 g/mol. The summed E-state index contributed by atoms with van der Waals surface area (Å²) in [6.45, 7) is 1.22. The van der Waals surface area contributed by atoms with Crippen molar-refractivity contribution >= 4 is 46.4 Å². The zero-order valence-corrected chi connectivity index (χ0v) is 15.4. The molecular formula is C17H16Cl4O2. The minimum Gasteiger partial charge on any atom is -0.493 e. The molecule has 0 heterocycles. The molecule has 0 fully saturated rings. The number of rotatable bonds is 8. The second-order valence-electron chi connectivity index (χ2n) is 4.97. The highest BCUT2D eigenvalue weighted by molar-refractivity contribution is 6.35. The van der Waals surface area contributed by atoms with Crippen molar-refractivity contribution in [1.82, 2.24) is 0 Å². The molecule has 0 aliphatic carbocycles. The van der Waals surface area contributed by atoms with Gasteiger partial charge in [0, 0.05) is 20.1 Å². The van der Waals surface area contributed by atoms with Crippen LogP contribution in [0.25, 0.3) is 0 Å². The van der Waals surface area contributed by atoms with E-state index in [4.69, 9.17) is 55.9 Å². The molecule has 0 spiro atoms. The molecule has 0 aromatic heterocycles. The van der Waals surface area contributed by atoms with Gasteiger partial charge in [0.2, 0.25) is 0 Å². The molecule has 0 radical (unpaired) electrons. The van der Waals surface area contributed by atoms with Gasteiger partial charge in [0.25, 0.3) is 0 Å². The fourth-order valence-electron chi connectivity index (χ4n) is 1.98. The molecule has 0 aliphatic heterocycles.